The zero-order chi connectivity index (χ0) is 43.5. The van der Waals surface area contributed by atoms with Gasteiger partial charge in [0.05, 0.1) is 12.1 Å². The number of aromatic nitrogens is 4. The molecule has 2 atom stereocenters. The van der Waals surface area contributed by atoms with Crippen LogP contribution in [0.3, 0.4) is 0 Å². The van der Waals surface area contributed by atoms with Gasteiger partial charge in [-0.05, 0) is 134 Å². The lowest BCUT2D eigenvalue weighted by atomic mass is 9.97. The van der Waals surface area contributed by atoms with Crippen LogP contribution in [0, 0.1) is 19.8 Å². The third-order valence-corrected chi connectivity index (χ3v) is 14.3. The Balaban J connectivity index is 0.866. The zero-order valence-corrected chi connectivity index (χ0v) is 37.9. The standard InChI is InChI=1S/C47H66N8O5S/c1-32(19-20-43(57)50-31-56)55-28-39-36(17-15-18-37(39)46(55)58)16-13-11-9-7-8-10-12-14-23-54-24-21-35(22-25-54)29-60-41-27-40-38(26-42(41)61(59)47(4,5)6)45(49-30-48-40)51-44-33(2)34(3)52-53-44/h15,17-18,26-27,30-32,35H,7-14,16,19-25,28-29H2,1-6H3,(H,50,56,57)(H2,48,49,51,52,53). The Labute approximate surface area is 364 Å². The van der Waals surface area contributed by atoms with Gasteiger partial charge >= 0.3 is 0 Å². The number of aromatic amines is 1. The van der Waals surface area contributed by atoms with Gasteiger partial charge in [0.25, 0.3) is 5.91 Å². The summed E-state index contributed by atoms with van der Waals surface area (Å²) in [4.78, 5) is 49.6. The molecule has 330 valence electrons. The molecule has 2 aliphatic heterocycles. The van der Waals surface area contributed by atoms with Crippen LogP contribution in [-0.2, 0) is 33.7 Å². The number of imide groups is 1. The fourth-order valence-electron chi connectivity index (χ4n) is 8.41. The molecule has 4 aromatic rings. The quantitative estimate of drug-likeness (QED) is 0.0396. The SMILES string of the molecule is Cc1[nH]nc(Nc2ncnc3cc(OCC4CCN(CCCCCCCCCCc5cccc6c5CN(C(C)CCC(=O)NC=O)C6=O)CC4)c([S+]([O-])C(C)(C)C)cc23)c1C. The van der Waals surface area contributed by atoms with Crippen molar-refractivity contribution in [2.75, 3.05) is 31.6 Å². The van der Waals surface area contributed by atoms with E-state index < -0.39 is 15.9 Å². The van der Waals surface area contributed by atoms with Gasteiger partial charge in [-0.1, -0.05) is 50.7 Å². The number of benzene rings is 2. The molecule has 4 heterocycles. The van der Waals surface area contributed by atoms with Crippen LogP contribution >= 0.6 is 0 Å². The minimum Gasteiger partial charge on any atom is -0.611 e. The van der Waals surface area contributed by atoms with E-state index in [4.69, 9.17) is 4.74 Å². The maximum atomic E-state index is 13.9. The number of amides is 3. The lowest BCUT2D eigenvalue weighted by molar-refractivity contribution is -0.125. The molecule has 0 saturated carbocycles. The number of nitrogens with one attached hydrogen (secondary N) is 3. The number of likely N-dealkylation sites (tertiary alicyclic amines) is 1. The number of ether oxygens (including phenoxy) is 1. The highest BCUT2D eigenvalue weighted by Gasteiger charge is 2.34. The Morgan fingerprint density at radius 1 is 1.03 bits per heavy atom. The van der Waals surface area contributed by atoms with E-state index in [2.05, 4.69) is 41.8 Å². The van der Waals surface area contributed by atoms with Gasteiger partial charge in [0, 0.05) is 53.3 Å². The molecule has 0 spiro atoms. The number of rotatable bonds is 22. The van der Waals surface area contributed by atoms with E-state index >= 15 is 0 Å². The van der Waals surface area contributed by atoms with Gasteiger partial charge in [-0.3, -0.25) is 24.8 Å². The first-order valence-electron chi connectivity index (χ1n) is 22.3. The highest BCUT2D eigenvalue weighted by Crippen LogP contribution is 2.38. The Hall–Kier alpha value is -4.53. The summed E-state index contributed by atoms with van der Waals surface area (Å²) < 4.78 is 19.9. The van der Waals surface area contributed by atoms with E-state index in [1.807, 2.05) is 70.7 Å². The van der Waals surface area contributed by atoms with Crippen LogP contribution in [0.15, 0.2) is 41.6 Å². The molecule has 14 heteroatoms. The smallest absolute Gasteiger partial charge is 0.254 e. The number of carbonyl (C=O) groups is 3. The largest absolute Gasteiger partial charge is 0.611 e. The molecule has 2 aliphatic rings. The number of hydrogen-bond donors (Lipinski definition) is 3. The molecule has 3 N–H and O–H groups in total. The Bertz CT molecular complexity index is 2110. The van der Waals surface area contributed by atoms with Gasteiger partial charge in [-0.15, -0.1) is 0 Å². The third-order valence-electron chi connectivity index (χ3n) is 12.4. The van der Waals surface area contributed by atoms with E-state index in [0.29, 0.717) is 54.2 Å². The van der Waals surface area contributed by atoms with Gasteiger partial charge in [0.2, 0.25) is 12.3 Å². The Morgan fingerprint density at radius 2 is 1.75 bits per heavy atom. The number of piperidine rings is 1. The van der Waals surface area contributed by atoms with Crippen LogP contribution in [0.1, 0.15) is 137 Å². The molecule has 6 rings (SSSR count). The Kier molecular flexibility index (Phi) is 16.2. The number of unbranched alkanes of at least 4 members (excludes halogenated alkanes) is 7. The van der Waals surface area contributed by atoms with Gasteiger partial charge in [0.1, 0.15) is 16.9 Å². The number of carbonyl (C=O) groups excluding carboxylic acids is 3. The average Bonchev–Trinajstić information content (AvgIpc) is 3.76. The normalized spacial score (nSPS) is 15.9. The van der Waals surface area contributed by atoms with Gasteiger partial charge < -0.3 is 24.4 Å². The first-order valence-corrected chi connectivity index (χ1v) is 23.5. The van der Waals surface area contributed by atoms with Crippen LogP contribution in [-0.4, -0.2) is 89.8 Å². The van der Waals surface area contributed by atoms with Crippen LogP contribution in [0.5, 0.6) is 5.75 Å². The Morgan fingerprint density at radius 3 is 2.44 bits per heavy atom. The summed E-state index contributed by atoms with van der Waals surface area (Å²) in [6.45, 7) is 16.4. The maximum Gasteiger partial charge on any atom is 0.254 e. The fraction of sp³-hybridized carbons (Fsp3) is 0.574. The summed E-state index contributed by atoms with van der Waals surface area (Å²) >= 11 is -1.32. The highest BCUT2D eigenvalue weighted by molar-refractivity contribution is 7.92. The maximum absolute atomic E-state index is 13.9. The van der Waals surface area contributed by atoms with Crippen molar-refractivity contribution in [2.45, 2.75) is 147 Å². The van der Waals surface area contributed by atoms with E-state index in [1.165, 1.54) is 56.8 Å². The number of fused-ring (bicyclic) bond motifs is 2. The van der Waals surface area contributed by atoms with Crippen molar-refractivity contribution >= 4 is 51.9 Å². The molecule has 1 saturated heterocycles. The highest BCUT2D eigenvalue weighted by atomic mass is 32.2. The molecular formula is C47H66N8O5S. The van der Waals surface area contributed by atoms with Crippen molar-refractivity contribution in [1.82, 2.24) is 35.3 Å². The number of hydrogen-bond acceptors (Lipinski definition) is 10. The molecule has 3 amide bonds. The summed E-state index contributed by atoms with van der Waals surface area (Å²) in [5, 5.41) is 13.7. The topological polar surface area (TPSA) is 168 Å². The predicted octanol–water partition coefficient (Wildman–Crippen LogP) is 8.47. The third kappa shape index (κ3) is 12.1. The summed E-state index contributed by atoms with van der Waals surface area (Å²) in [5.41, 5.74) is 5.91. The molecule has 13 nitrogen and oxygen atoms in total. The number of anilines is 2. The van der Waals surface area contributed by atoms with Crippen LogP contribution < -0.4 is 15.4 Å². The minimum absolute atomic E-state index is 0.0369. The van der Waals surface area contributed by atoms with Crippen LogP contribution in [0.25, 0.3) is 10.9 Å². The fourth-order valence-corrected chi connectivity index (χ4v) is 9.59. The average molecular weight is 855 g/mol. The molecule has 61 heavy (non-hydrogen) atoms. The van der Waals surface area contributed by atoms with Crippen LogP contribution in [0.2, 0.25) is 0 Å². The minimum atomic E-state index is -1.32. The predicted molar refractivity (Wildman–Crippen MR) is 242 cm³/mol. The lowest BCUT2D eigenvalue weighted by Gasteiger charge is -2.32. The summed E-state index contributed by atoms with van der Waals surface area (Å²) in [7, 11) is 0. The second kappa shape index (κ2) is 21.5. The van der Waals surface area contributed by atoms with Gasteiger partial charge in [-0.2, -0.15) is 5.10 Å². The summed E-state index contributed by atoms with van der Waals surface area (Å²) in [6, 6.07) is 9.84. The van der Waals surface area contributed by atoms with E-state index in [0.717, 1.165) is 78.6 Å². The monoisotopic (exact) mass is 854 g/mol. The van der Waals surface area contributed by atoms with Gasteiger partial charge in [0.15, 0.2) is 16.5 Å². The number of aryl methyl sites for hydroxylation is 2. The van der Waals surface area contributed by atoms with E-state index in [1.54, 1.807) is 0 Å². The molecule has 2 aromatic heterocycles. The van der Waals surface area contributed by atoms with E-state index in [9.17, 15) is 18.9 Å². The molecule has 0 aliphatic carbocycles. The first kappa shape index (κ1) is 46.0. The molecule has 0 radical (unpaired) electrons. The summed E-state index contributed by atoms with van der Waals surface area (Å²) in [6.07, 6.45) is 15.7. The lowest BCUT2D eigenvalue weighted by Crippen LogP contribution is -2.36. The number of nitrogens with zero attached hydrogens (tertiary/aromatic N) is 5. The summed E-state index contributed by atoms with van der Waals surface area (Å²) in [5.74, 6) is 2.12. The van der Waals surface area contributed by atoms with Crippen molar-refractivity contribution in [3.05, 3.63) is 64.6 Å². The zero-order valence-electron chi connectivity index (χ0n) is 37.1. The molecule has 1 fully saturated rings. The van der Waals surface area contributed by atoms with Crippen molar-refractivity contribution in [2.24, 2.45) is 5.92 Å². The van der Waals surface area contributed by atoms with Crippen molar-refractivity contribution in [3.63, 3.8) is 0 Å². The van der Waals surface area contributed by atoms with Crippen molar-refractivity contribution < 1.29 is 23.7 Å². The molecule has 2 unspecified atom stereocenters. The molecular weight excluding hydrogens is 789 g/mol. The van der Waals surface area contributed by atoms with E-state index in [-0.39, 0.29) is 24.3 Å². The second-order valence-electron chi connectivity index (χ2n) is 18.0. The van der Waals surface area contributed by atoms with Crippen molar-refractivity contribution in [3.8, 4) is 5.75 Å². The number of H-pyrrole nitrogens is 1. The second-order valence-corrected chi connectivity index (χ2v) is 20.2. The van der Waals surface area contributed by atoms with Crippen molar-refractivity contribution in [1.29, 1.82) is 0 Å². The van der Waals surface area contributed by atoms with Crippen LogP contribution in [0.4, 0.5) is 11.6 Å². The molecule has 0 bridgehead atoms. The van der Waals surface area contributed by atoms with Gasteiger partial charge in [-0.25, -0.2) is 9.97 Å². The first-order chi connectivity index (χ1) is 29.3. The molecule has 2 aromatic carbocycles.